The van der Waals surface area contributed by atoms with Gasteiger partial charge in [0.15, 0.2) is 0 Å². The molecule has 2 aromatic rings. The molecule has 0 spiro atoms. The van der Waals surface area contributed by atoms with Crippen molar-refractivity contribution in [2.75, 3.05) is 32.7 Å². The van der Waals surface area contributed by atoms with Crippen molar-refractivity contribution in [3.05, 3.63) is 53.6 Å². The van der Waals surface area contributed by atoms with Crippen molar-refractivity contribution in [2.24, 2.45) is 4.99 Å². The normalized spacial score (nSPS) is 16.4. The molecule has 0 aromatic heterocycles. The van der Waals surface area contributed by atoms with Gasteiger partial charge in [-0.2, -0.15) is 0 Å². The first kappa shape index (κ1) is 20.7. The van der Waals surface area contributed by atoms with Crippen LogP contribution in [0, 0.1) is 6.92 Å². The van der Waals surface area contributed by atoms with E-state index in [1.54, 1.807) is 32.4 Å². The summed E-state index contributed by atoms with van der Waals surface area (Å²) in [7, 11) is 3.09. The lowest BCUT2D eigenvalue weighted by Gasteiger charge is -2.14. The third kappa shape index (κ3) is 5.96. The highest BCUT2D eigenvalue weighted by atomic mass is 16.5. The molecule has 2 N–H and O–H groups in total. The Kier molecular flexibility index (Phi) is 7.08. The number of methoxy groups -OCH3 is 2. The van der Waals surface area contributed by atoms with Gasteiger partial charge in [-0.3, -0.25) is 10.1 Å². The zero-order valence-corrected chi connectivity index (χ0v) is 17.0. The van der Waals surface area contributed by atoms with Crippen LogP contribution in [0.25, 0.3) is 0 Å². The summed E-state index contributed by atoms with van der Waals surface area (Å²) in [5.74, 6) is 1.14. The van der Waals surface area contributed by atoms with E-state index in [1.807, 2.05) is 31.2 Å². The lowest BCUT2D eigenvalue weighted by molar-refractivity contribution is 0.0975. The monoisotopic (exact) mass is 397 g/mol. The molecule has 0 aliphatic carbocycles. The van der Waals surface area contributed by atoms with E-state index < -0.39 is 0 Å². The number of ether oxygens (including phenoxy) is 3. The van der Waals surface area contributed by atoms with Gasteiger partial charge in [0.2, 0.25) is 5.96 Å². The number of amides is 1. The number of rotatable bonds is 6. The fourth-order valence-electron chi connectivity index (χ4n) is 2.98. The molecule has 1 atom stereocenters. The SMILES string of the molecule is COc1cc(OC)cc(C(=O)NC(=NC[C@@H]2CCCO2)Nc2ccc(C)cc2)c1. The van der Waals surface area contributed by atoms with Gasteiger partial charge in [0.25, 0.3) is 5.91 Å². The van der Waals surface area contributed by atoms with Crippen molar-refractivity contribution in [3.8, 4) is 11.5 Å². The Hall–Kier alpha value is -3.06. The molecule has 1 saturated heterocycles. The third-order valence-corrected chi connectivity index (χ3v) is 4.64. The van der Waals surface area contributed by atoms with Gasteiger partial charge in [-0.05, 0) is 44.0 Å². The second-order valence-corrected chi connectivity index (χ2v) is 6.87. The molecule has 0 radical (unpaired) electrons. The Balaban J connectivity index is 1.78. The number of anilines is 1. The van der Waals surface area contributed by atoms with Gasteiger partial charge in [0.1, 0.15) is 11.5 Å². The van der Waals surface area contributed by atoms with Gasteiger partial charge in [-0.1, -0.05) is 17.7 Å². The highest BCUT2D eigenvalue weighted by Gasteiger charge is 2.17. The van der Waals surface area contributed by atoms with Crippen molar-refractivity contribution in [3.63, 3.8) is 0 Å². The molecule has 0 unspecified atom stereocenters. The second kappa shape index (κ2) is 9.93. The summed E-state index contributed by atoms with van der Waals surface area (Å²) in [6.45, 7) is 3.26. The third-order valence-electron chi connectivity index (χ3n) is 4.64. The van der Waals surface area contributed by atoms with Crippen LogP contribution in [-0.4, -0.2) is 45.3 Å². The summed E-state index contributed by atoms with van der Waals surface area (Å²) in [5, 5.41) is 6.04. The molecule has 7 nitrogen and oxygen atoms in total. The van der Waals surface area contributed by atoms with E-state index >= 15 is 0 Å². The van der Waals surface area contributed by atoms with Crippen molar-refractivity contribution in [1.29, 1.82) is 0 Å². The second-order valence-electron chi connectivity index (χ2n) is 6.87. The predicted octanol–water partition coefficient (Wildman–Crippen LogP) is 3.39. The molecule has 1 aliphatic rings. The Morgan fingerprint density at radius 2 is 1.83 bits per heavy atom. The number of benzene rings is 2. The molecule has 0 saturated carbocycles. The molecule has 29 heavy (non-hydrogen) atoms. The van der Waals surface area contributed by atoms with Gasteiger partial charge in [0.05, 0.1) is 26.9 Å². The molecular weight excluding hydrogens is 370 g/mol. The number of aliphatic imine (C=N–C) groups is 1. The average Bonchev–Trinajstić information content (AvgIpc) is 3.26. The van der Waals surface area contributed by atoms with Crippen LogP contribution in [0.15, 0.2) is 47.5 Å². The van der Waals surface area contributed by atoms with E-state index in [9.17, 15) is 4.79 Å². The summed E-state index contributed by atoms with van der Waals surface area (Å²) in [5.41, 5.74) is 2.41. The fourth-order valence-corrected chi connectivity index (χ4v) is 2.98. The van der Waals surface area contributed by atoms with Gasteiger partial charge in [-0.25, -0.2) is 4.99 Å². The van der Waals surface area contributed by atoms with E-state index in [4.69, 9.17) is 14.2 Å². The van der Waals surface area contributed by atoms with Crippen LogP contribution in [0.3, 0.4) is 0 Å². The number of hydrogen-bond donors (Lipinski definition) is 2. The van der Waals surface area contributed by atoms with E-state index in [-0.39, 0.29) is 12.0 Å². The Labute approximate surface area is 171 Å². The molecule has 0 bridgehead atoms. The van der Waals surface area contributed by atoms with Crippen molar-refractivity contribution >= 4 is 17.6 Å². The first-order valence-corrected chi connectivity index (χ1v) is 9.61. The lowest BCUT2D eigenvalue weighted by Crippen LogP contribution is -2.36. The minimum atomic E-state index is -0.312. The van der Waals surface area contributed by atoms with Crippen molar-refractivity contribution in [1.82, 2.24) is 5.32 Å². The number of nitrogens with one attached hydrogen (secondary N) is 2. The number of nitrogens with zero attached hydrogens (tertiary/aromatic N) is 1. The van der Waals surface area contributed by atoms with Gasteiger partial charge in [-0.15, -0.1) is 0 Å². The van der Waals surface area contributed by atoms with Crippen molar-refractivity contribution in [2.45, 2.75) is 25.9 Å². The van der Waals surface area contributed by atoms with Crippen LogP contribution in [0.5, 0.6) is 11.5 Å². The largest absolute Gasteiger partial charge is 0.497 e. The topological polar surface area (TPSA) is 81.2 Å². The maximum Gasteiger partial charge on any atom is 0.258 e. The molecule has 1 aliphatic heterocycles. The minimum absolute atomic E-state index is 0.0821. The molecule has 1 fully saturated rings. The molecule has 154 valence electrons. The Bertz CT molecular complexity index is 837. The van der Waals surface area contributed by atoms with E-state index in [0.29, 0.717) is 29.6 Å². The Morgan fingerprint density at radius 1 is 1.14 bits per heavy atom. The highest BCUT2D eigenvalue weighted by Crippen LogP contribution is 2.22. The smallest absolute Gasteiger partial charge is 0.258 e. The number of carbonyl (C=O) groups is 1. The number of guanidine groups is 1. The van der Waals surface area contributed by atoms with E-state index in [0.717, 1.165) is 30.7 Å². The maximum absolute atomic E-state index is 12.9. The first-order valence-electron chi connectivity index (χ1n) is 9.61. The first-order chi connectivity index (χ1) is 14.1. The molecule has 1 amide bonds. The van der Waals surface area contributed by atoms with Crippen LogP contribution in [0.4, 0.5) is 5.69 Å². The van der Waals surface area contributed by atoms with Gasteiger partial charge >= 0.3 is 0 Å². The average molecular weight is 397 g/mol. The minimum Gasteiger partial charge on any atom is -0.497 e. The number of carbonyl (C=O) groups excluding carboxylic acids is 1. The number of hydrogen-bond acceptors (Lipinski definition) is 5. The van der Waals surface area contributed by atoms with Crippen LogP contribution in [0.1, 0.15) is 28.8 Å². The van der Waals surface area contributed by atoms with Gasteiger partial charge < -0.3 is 19.5 Å². The fraction of sp³-hybridized carbons (Fsp3) is 0.364. The van der Waals surface area contributed by atoms with E-state index in [1.165, 1.54) is 0 Å². The summed E-state index contributed by atoms with van der Waals surface area (Å²) < 4.78 is 16.1. The standard InChI is InChI=1S/C22H27N3O4/c1-15-6-8-17(9-7-15)24-22(23-14-18-5-4-10-29-18)25-21(26)16-11-19(27-2)13-20(12-16)28-3/h6-9,11-13,18H,4-5,10,14H2,1-3H3,(H2,23,24,25,26)/t18-/m0/s1. The zero-order chi connectivity index (χ0) is 20.6. The molecular formula is C22H27N3O4. The molecule has 7 heteroatoms. The summed E-state index contributed by atoms with van der Waals surface area (Å²) in [4.78, 5) is 17.4. The lowest BCUT2D eigenvalue weighted by atomic mass is 10.2. The van der Waals surface area contributed by atoms with Crippen LogP contribution in [-0.2, 0) is 4.74 Å². The molecule has 1 heterocycles. The summed E-state index contributed by atoms with van der Waals surface area (Å²) in [6, 6.07) is 12.9. The van der Waals surface area contributed by atoms with Crippen LogP contribution < -0.4 is 20.1 Å². The molecule has 2 aromatic carbocycles. The van der Waals surface area contributed by atoms with Crippen molar-refractivity contribution < 1.29 is 19.0 Å². The van der Waals surface area contributed by atoms with Gasteiger partial charge in [0, 0.05) is 23.9 Å². The quantitative estimate of drug-likeness (QED) is 0.577. The van der Waals surface area contributed by atoms with Crippen LogP contribution >= 0.6 is 0 Å². The van der Waals surface area contributed by atoms with Crippen LogP contribution in [0.2, 0.25) is 0 Å². The highest BCUT2D eigenvalue weighted by molar-refractivity contribution is 6.10. The number of aryl methyl sites for hydroxylation is 1. The molecule has 3 rings (SSSR count). The summed E-state index contributed by atoms with van der Waals surface area (Å²) in [6.07, 6.45) is 2.10. The zero-order valence-electron chi connectivity index (χ0n) is 17.0. The van der Waals surface area contributed by atoms with E-state index in [2.05, 4.69) is 15.6 Å². The predicted molar refractivity (Wildman–Crippen MR) is 113 cm³/mol. The maximum atomic E-state index is 12.9. The Morgan fingerprint density at radius 3 is 2.41 bits per heavy atom. The summed E-state index contributed by atoms with van der Waals surface area (Å²) >= 11 is 0.